The number of benzene rings is 1. The maximum atomic E-state index is 12.7. The van der Waals surface area contributed by atoms with Crippen molar-refractivity contribution in [3.63, 3.8) is 0 Å². The number of ether oxygens (including phenoxy) is 1. The first-order valence-corrected chi connectivity index (χ1v) is 10.7. The lowest BCUT2D eigenvalue weighted by atomic mass is 10.1. The number of amides is 2. The Morgan fingerprint density at radius 3 is 2.66 bits per heavy atom. The molecule has 0 saturated heterocycles. The van der Waals surface area contributed by atoms with Gasteiger partial charge in [0, 0.05) is 18.9 Å². The van der Waals surface area contributed by atoms with Crippen LogP contribution in [0.5, 0.6) is 0 Å². The van der Waals surface area contributed by atoms with Crippen molar-refractivity contribution >= 4 is 35.0 Å². The van der Waals surface area contributed by atoms with Gasteiger partial charge in [0.05, 0.1) is 17.9 Å². The average Bonchev–Trinajstić information content (AvgIpc) is 3.23. The van der Waals surface area contributed by atoms with Gasteiger partial charge < -0.3 is 10.1 Å². The zero-order valence-electron chi connectivity index (χ0n) is 19.1. The number of hydrogen-bond donors (Lipinski definition) is 1. The summed E-state index contributed by atoms with van der Waals surface area (Å²) in [5.74, 6) is -0.846. The van der Waals surface area contributed by atoms with Crippen LogP contribution in [0.1, 0.15) is 57.2 Å². The van der Waals surface area contributed by atoms with Gasteiger partial charge in [-0.3, -0.25) is 9.59 Å². The Kier molecular flexibility index (Phi) is 7.07. The van der Waals surface area contributed by atoms with Crippen LogP contribution in [0.2, 0.25) is 0 Å². The lowest BCUT2D eigenvalue weighted by Gasteiger charge is -2.25. The molecular formula is C23H29N5O4. The molecule has 3 rings (SSSR count). The molecule has 1 aliphatic heterocycles. The number of anilines is 2. The van der Waals surface area contributed by atoms with Crippen LogP contribution in [0, 0.1) is 13.8 Å². The van der Waals surface area contributed by atoms with E-state index in [0.717, 1.165) is 17.5 Å². The Hall–Kier alpha value is -3.49. The fraction of sp³-hybridized carbons (Fsp3) is 0.435. The van der Waals surface area contributed by atoms with Gasteiger partial charge in [-0.15, -0.1) is 0 Å². The van der Waals surface area contributed by atoms with Crippen LogP contribution in [0.3, 0.4) is 0 Å². The molecule has 2 amide bonds. The second-order valence-corrected chi connectivity index (χ2v) is 8.00. The smallest absolute Gasteiger partial charge is 0.355 e. The number of nitrogens with zero attached hydrogens (tertiary/aromatic N) is 4. The minimum absolute atomic E-state index is 0.106. The molecule has 9 heteroatoms. The Labute approximate surface area is 187 Å². The fourth-order valence-corrected chi connectivity index (χ4v) is 3.28. The first-order chi connectivity index (χ1) is 15.2. The third-order valence-electron chi connectivity index (χ3n) is 5.44. The molecule has 1 aliphatic rings. The van der Waals surface area contributed by atoms with E-state index in [-0.39, 0.29) is 30.5 Å². The highest BCUT2D eigenvalue weighted by atomic mass is 16.5. The van der Waals surface area contributed by atoms with Crippen LogP contribution in [-0.2, 0) is 19.1 Å². The predicted octanol–water partition coefficient (Wildman–Crippen LogP) is 3.52. The molecule has 2 aromatic rings. The summed E-state index contributed by atoms with van der Waals surface area (Å²) >= 11 is 0. The van der Waals surface area contributed by atoms with Gasteiger partial charge in [0.25, 0.3) is 5.91 Å². The molecule has 0 saturated carbocycles. The molecule has 1 aromatic heterocycles. The highest BCUT2D eigenvalue weighted by Crippen LogP contribution is 2.25. The van der Waals surface area contributed by atoms with E-state index in [9.17, 15) is 14.4 Å². The Balaban J connectivity index is 1.70. The molecule has 0 bridgehead atoms. The summed E-state index contributed by atoms with van der Waals surface area (Å²) < 4.78 is 7.06. The predicted molar refractivity (Wildman–Crippen MR) is 121 cm³/mol. The van der Waals surface area contributed by atoms with E-state index in [1.54, 1.807) is 16.9 Å². The molecule has 32 heavy (non-hydrogen) atoms. The monoisotopic (exact) mass is 439 g/mol. The molecule has 0 unspecified atom stereocenters. The van der Waals surface area contributed by atoms with Gasteiger partial charge in [-0.2, -0.15) is 15.2 Å². The van der Waals surface area contributed by atoms with Gasteiger partial charge >= 0.3 is 5.97 Å². The molecule has 0 spiro atoms. The fourth-order valence-electron chi connectivity index (χ4n) is 3.28. The molecule has 2 heterocycles. The topological polar surface area (TPSA) is 106 Å². The molecule has 0 radical (unpaired) electrons. The number of rotatable bonds is 7. The average molecular weight is 440 g/mol. The summed E-state index contributed by atoms with van der Waals surface area (Å²) in [6, 6.07) is 7.50. The van der Waals surface area contributed by atoms with Crippen LogP contribution in [-0.4, -0.2) is 39.4 Å². The van der Waals surface area contributed by atoms with Crippen molar-refractivity contribution in [1.29, 1.82) is 0 Å². The van der Waals surface area contributed by atoms with Crippen molar-refractivity contribution in [3.8, 4) is 0 Å². The van der Waals surface area contributed by atoms with Crippen molar-refractivity contribution in [2.75, 3.05) is 10.3 Å². The number of hydrogen-bond acceptors (Lipinski definition) is 6. The summed E-state index contributed by atoms with van der Waals surface area (Å²) in [5, 5.41) is 12.5. The van der Waals surface area contributed by atoms with E-state index in [4.69, 9.17) is 4.74 Å². The van der Waals surface area contributed by atoms with Gasteiger partial charge in [0.1, 0.15) is 11.5 Å². The third-order valence-corrected chi connectivity index (χ3v) is 5.44. The number of hydrazone groups is 1. The normalized spacial score (nSPS) is 15.7. The lowest BCUT2D eigenvalue weighted by Crippen LogP contribution is -2.38. The molecule has 1 N–H and O–H groups in total. The number of esters is 1. The number of nitrogens with one attached hydrogen (secondary N) is 1. The van der Waals surface area contributed by atoms with E-state index in [0.29, 0.717) is 11.5 Å². The van der Waals surface area contributed by atoms with Gasteiger partial charge in [-0.05, 0) is 51.3 Å². The minimum atomic E-state index is -1.04. The molecule has 1 aromatic carbocycles. The Morgan fingerprint density at radius 2 is 1.94 bits per heavy atom. The summed E-state index contributed by atoms with van der Waals surface area (Å²) in [6.07, 6.45) is 1.71. The molecule has 0 fully saturated rings. The van der Waals surface area contributed by atoms with Gasteiger partial charge in [0.15, 0.2) is 6.10 Å². The van der Waals surface area contributed by atoms with E-state index in [1.165, 1.54) is 11.9 Å². The number of carbonyl (C=O) groups excluding carboxylic acids is 3. The Morgan fingerprint density at radius 1 is 1.19 bits per heavy atom. The highest BCUT2D eigenvalue weighted by molar-refractivity contribution is 6.38. The lowest BCUT2D eigenvalue weighted by molar-refractivity contribution is -0.146. The van der Waals surface area contributed by atoms with Crippen molar-refractivity contribution in [2.24, 2.45) is 5.10 Å². The standard InChI is InChI=1S/C23H29N5O4/c1-6-16(4)27-20(11-12-24-27)25-22(30)17(5)32-23(31)18-9-10-21(29)28(26-18)19-13-14(2)7-8-15(19)3/h7-8,11-13,16-17H,6,9-10H2,1-5H3,(H,25,30)/t16-,17+/m0/s1. The van der Waals surface area contributed by atoms with Crippen LogP contribution in [0.25, 0.3) is 0 Å². The van der Waals surface area contributed by atoms with Crippen molar-refractivity contribution in [2.45, 2.75) is 66.0 Å². The quantitative estimate of drug-likeness (QED) is 0.665. The van der Waals surface area contributed by atoms with E-state index < -0.39 is 18.0 Å². The largest absolute Gasteiger partial charge is 0.448 e. The van der Waals surface area contributed by atoms with Gasteiger partial charge in [0.2, 0.25) is 5.91 Å². The Bertz CT molecular complexity index is 1060. The molecule has 9 nitrogen and oxygen atoms in total. The number of aromatic nitrogens is 2. The van der Waals surface area contributed by atoms with E-state index in [1.807, 2.05) is 45.9 Å². The SMILES string of the molecule is CC[C@H](C)n1nccc1NC(=O)[C@@H](C)OC(=O)C1=NN(c2cc(C)ccc2C)C(=O)CC1. The van der Waals surface area contributed by atoms with E-state index in [2.05, 4.69) is 15.5 Å². The maximum absolute atomic E-state index is 12.7. The first-order valence-electron chi connectivity index (χ1n) is 10.7. The van der Waals surface area contributed by atoms with Crippen LogP contribution in [0.4, 0.5) is 11.5 Å². The number of aryl methyl sites for hydroxylation is 2. The highest BCUT2D eigenvalue weighted by Gasteiger charge is 2.29. The van der Waals surface area contributed by atoms with E-state index >= 15 is 0 Å². The molecule has 2 atom stereocenters. The molecule has 170 valence electrons. The third kappa shape index (κ3) is 5.04. The second kappa shape index (κ2) is 9.76. The van der Waals surface area contributed by atoms with Crippen LogP contribution >= 0.6 is 0 Å². The first kappa shape index (κ1) is 23.2. The van der Waals surface area contributed by atoms with Crippen molar-refractivity contribution in [3.05, 3.63) is 41.6 Å². The minimum Gasteiger partial charge on any atom is -0.448 e. The maximum Gasteiger partial charge on any atom is 0.355 e. The van der Waals surface area contributed by atoms with Crippen LogP contribution in [0.15, 0.2) is 35.6 Å². The zero-order valence-corrected chi connectivity index (χ0v) is 19.1. The summed E-state index contributed by atoms with van der Waals surface area (Å²) in [7, 11) is 0. The number of carbonyl (C=O) groups is 3. The second-order valence-electron chi connectivity index (χ2n) is 8.00. The van der Waals surface area contributed by atoms with Gasteiger partial charge in [-0.25, -0.2) is 9.48 Å². The van der Waals surface area contributed by atoms with Crippen molar-refractivity contribution < 1.29 is 19.1 Å². The molecular weight excluding hydrogens is 410 g/mol. The summed E-state index contributed by atoms with van der Waals surface area (Å²) in [4.78, 5) is 37.7. The zero-order chi connectivity index (χ0) is 23.4. The molecule has 0 aliphatic carbocycles. The summed E-state index contributed by atoms with van der Waals surface area (Å²) in [6.45, 7) is 9.31. The summed E-state index contributed by atoms with van der Waals surface area (Å²) in [5.41, 5.74) is 2.58. The van der Waals surface area contributed by atoms with Crippen LogP contribution < -0.4 is 10.3 Å². The van der Waals surface area contributed by atoms with Crippen molar-refractivity contribution in [1.82, 2.24) is 9.78 Å². The van der Waals surface area contributed by atoms with Gasteiger partial charge in [-0.1, -0.05) is 19.1 Å².